The van der Waals surface area contributed by atoms with Gasteiger partial charge in [0, 0.05) is 5.75 Å². The maximum Gasteiger partial charge on any atom is 0.205 e. The van der Waals surface area contributed by atoms with E-state index in [9.17, 15) is 0 Å². The second kappa shape index (κ2) is 8.35. The number of aromatic nitrogens is 3. The van der Waals surface area contributed by atoms with Gasteiger partial charge in [0.1, 0.15) is 5.75 Å². The monoisotopic (exact) mass is 391 g/mol. The van der Waals surface area contributed by atoms with Crippen molar-refractivity contribution in [2.24, 2.45) is 0 Å². The Kier molecular flexibility index (Phi) is 5.48. The van der Waals surface area contributed by atoms with Crippen molar-refractivity contribution in [2.75, 3.05) is 6.61 Å². The SMILES string of the molecule is CCOc1ccc(-n2c(SCc3cccc(C)c3)nnc2-c2ccco2)cc1. The van der Waals surface area contributed by atoms with Crippen LogP contribution in [0.5, 0.6) is 5.75 Å². The third kappa shape index (κ3) is 3.97. The lowest BCUT2D eigenvalue weighted by Crippen LogP contribution is -2.00. The second-order valence-corrected chi connectivity index (χ2v) is 7.27. The standard InChI is InChI=1S/C22H21N3O2S/c1-3-26-19-11-9-18(10-12-19)25-21(20-8-5-13-27-20)23-24-22(25)28-15-17-7-4-6-16(2)14-17/h4-14H,3,15H2,1-2H3. The van der Waals surface area contributed by atoms with E-state index < -0.39 is 0 Å². The normalized spacial score (nSPS) is 10.9. The minimum Gasteiger partial charge on any atom is -0.494 e. The smallest absolute Gasteiger partial charge is 0.205 e. The van der Waals surface area contributed by atoms with Gasteiger partial charge in [-0.25, -0.2) is 0 Å². The number of rotatable bonds is 7. The molecule has 0 aliphatic heterocycles. The highest BCUT2D eigenvalue weighted by atomic mass is 32.2. The number of hydrogen-bond acceptors (Lipinski definition) is 5. The van der Waals surface area contributed by atoms with Crippen LogP contribution in [0.25, 0.3) is 17.3 Å². The van der Waals surface area contributed by atoms with Crippen molar-refractivity contribution in [3.63, 3.8) is 0 Å². The van der Waals surface area contributed by atoms with E-state index >= 15 is 0 Å². The number of furan rings is 1. The summed E-state index contributed by atoms with van der Waals surface area (Å²) in [5.74, 6) is 3.02. The molecule has 4 rings (SSSR count). The van der Waals surface area contributed by atoms with Gasteiger partial charge in [0.05, 0.1) is 18.6 Å². The van der Waals surface area contributed by atoms with Crippen LogP contribution < -0.4 is 4.74 Å². The predicted octanol–water partition coefficient (Wildman–Crippen LogP) is 5.53. The van der Waals surface area contributed by atoms with Crippen LogP contribution in [0.2, 0.25) is 0 Å². The molecule has 0 bridgehead atoms. The fraction of sp³-hybridized carbons (Fsp3) is 0.182. The van der Waals surface area contributed by atoms with Crippen molar-refractivity contribution in [1.29, 1.82) is 0 Å². The molecule has 0 aliphatic rings. The number of hydrogen-bond donors (Lipinski definition) is 0. The topological polar surface area (TPSA) is 53.1 Å². The molecule has 142 valence electrons. The fourth-order valence-electron chi connectivity index (χ4n) is 2.97. The maximum absolute atomic E-state index is 5.58. The molecule has 5 nitrogen and oxygen atoms in total. The minimum absolute atomic E-state index is 0.640. The van der Waals surface area contributed by atoms with E-state index in [0.717, 1.165) is 22.3 Å². The molecule has 0 aliphatic carbocycles. The summed E-state index contributed by atoms with van der Waals surface area (Å²) in [5, 5.41) is 9.64. The van der Waals surface area contributed by atoms with Crippen molar-refractivity contribution < 1.29 is 9.15 Å². The van der Waals surface area contributed by atoms with Gasteiger partial charge in [-0.3, -0.25) is 4.57 Å². The van der Waals surface area contributed by atoms with E-state index in [1.165, 1.54) is 11.1 Å². The number of thioether (sulfide) groups is 1. The van der Waals surface area contributed by atoms with Gasteiger partial charge < -0.3 is 9.15 Å². The summed E-state index contributed by atoms with van der Waals surface area (Å²) in [6.07, 6.45) is 1.64. The fourth-order valence-corrected chi connectivity index (χ4v) is 3.86. The molecule has 0 saturated carbocycles. The van der Waals surface area contributed by atoms with Gasteiger partial charge in [-0.15, -0.1) is 10.2 Å². The first-order valence-corrected chi connectivity index (χ1v) is 10.1. The molecular formula is C22H21N3O2S. The highest BCUT2D eigenvalue weighted by molar-refractivity contribution is 7.98. The van der Waals surface area contributed by atoms with Crippen LogP contribution in [-0.4, -0.2) is 21.4 Å². The zero-order valence-corrected chi connectivity index (χ0v) is 16.6. The van der Waals surface area contributed by atoms with Gasteiger partial charge in [-0.2, -0.15) is 0 Å². The summed E-state index contributed by atoms with van der Waals surface area (Å²) in [5.41, 5.74) is 3.47. The molecule has 2 aromatic carbocycles. The van der Waals surface area contributed by atoms with Gasteiger partial charge >= 0.3 is 0 Å². The lowest BCUT2D eigenvalue weighted by atomic mass is 10.2. The highest BCUT2D eigenvalue weighted by Crippen LogP contribution is 2.30. The molecule has 2 aromatic heterocycles. The number of nitrogens with zero attached hydrogens (tertiary/aromatic N) is 3. The summed E-state index contributed by atoms with van der Waals surface area (Å²) < 4.78 is 13.2. The minimum atomic E-state index is 0.640. The molecule has 2 heterocycles. The average molecular weight is 391 g/mol. The Labute approximate surface area is 168 Å². The van der Waals surface area contributed by atoms with Crippen molar-refractivity contribution in [1.82, 2.24) is 14.8 Å². The first-order valence-electron chi connectivity index (χ1n) is 9.15. The van der Waals surface area contributed by atoms with Crippen LogP contribution in [0, 0.1) is 6.92 Å². The highest BCUT2D eigenvalue weighted by Gasteiger charge is 2.18. The first kappa shape index (κ1) is 18.4. The molecule has 0 N–H and O–H groups in total. The Hall–Kier alpha value is -2.99. The summed E-state index contributed by atoms with van der Waals surface area (Å²) in [4.78, 5) is 0. The molecular weight excluding hydrogens is 370 g/mol. The summed E-state index contributed by atoms with van der Waals surface area (Å²) >= 11 is 1.65. The van der Waals surface area contributed by atoms with Crippen LogP contribution in [0.4, 0.5) is 0 Å². The zero-order chi connectivity index (χ0) is 19.3. The number of ether oxygens (including phenoxy) is 1. The molecule has 28 heavy (non-hydrogen) atoms. The third-order valence-electron chi connectivity index (χ3n) is 4.23. The first-order chi connectivity index (χ1) is 13.7. The van der Waals surface area contributed by atoms with Crippen LogP contribution in [0.3, 0.4) is 0 Å². The van der Waals surface area contributed by atoms with Crippen LogP contribution in [0.1, 0.15) is 18.1 Å². The lowest BCUT2D eigenvalue weighted by molar-refractivity contribution is 0.340. The Morgan fingerprint density at radius 1 is 1.04 bits per heavy atom. The van der Waals surface area contributed by atoms with E-state index in [1.807, 2.05) is 47.9 Å². The van der Waals surface area contributed by atoms with Crippen LogP contribution in [-0.2, 0) is 5.75 Å². The van der Waals surface area contributed by atoms with E-state index in [1.54, 1.807) is 18.0 Å². The largest absolute Gasteiger partial charge is 0.494 e. The van der Waals surface area contributed by atoms with Gasteiger partial charge in [-0.1, -0.05) is 41.6 Å². The van der Waals surface area contributed by atoms with Crippen molar-refractivity contribution >= 4 is 11.8 Å². The van der Waals surface area contributed by atoms with Crippen LogP contribution >= 0.6 is 11.8 Å². The molecule has 0 amide bonds. The molecule has 0 saturated heterocycles. The molecule has 0 unspecified atom stereocenters. The van der Waals surface area contributed by atoms with E-state index in [-0.39, 0.29) is 0 Å². The Morgan fingerprint density at radius 2 is 1.89 bits per heavy atom. The van der Waals surface area contributed by atoms with Gasteiger partial charge in [0.15, 0.2) is 10.9 Å². The molecule has 0 spiro atoms. The zero-order valence-electron chi connectivity index (χ0n) is 15.8. The quantitative estimate of drug-likeness (QED) is 0.388. The summed E-state index contributed by atoms with van der Waals surface area (Å²) in [6, 6.07) is 20.2. The molecule has 0 atom stereocenters. The van der Waals surface area contributed by atoms with Crippen molar-refractivity contribution in [3.8, 4) is 23.0 Å². The molecule has 0 fully saturated rings. The second-order valence-electron chi connectivity index (χ2n) is 6.32. The average Bonchev–Trinajstić information content (AvgIpc) is 3.37. The van der Waals surface area contributed by atoms with Gasteiger partial charge in [-0.05, 0) is 55.8 Å². The Morgan fingerprint density at radius 3 is 2.61 bits per heavy atom. The van der Waals surface area contributed by atoms with Gasteiger partial charge in [0.25, 0.3) is 0 Å². The number of benzene rings is 2. The predicted molar refractivity (Wildman–Crippen MR) is 111 cm³/mol. The summed E-state index contributed by atoms with van der Waals surface area (Å²) in [6.45, 7) is 4.72. The Balaban J connectivity index is 1.68. The Bertz CT molecular complexity index is 1040. The van der Waals surface area contributed by atoms with Crippen LogP contribution in [0.15, 0.2) is 76.5 Å². The number of aryl methyl sites for hydroxylation is 1. The maximum atomic E-state index is 5.58. The molecule has 0 radical (unpaired) electrons. The molecule has 6 heteroatoms. The van der Waals surface area contributed by atoms with Crippen molar-refractivity contribution in [2.45, 2.75) is 24.8 Å². The van der Waals surface area contributed by atoms with E-state index in [2.05, 4.69) is 41.4 Å². The van der Waals surface area contributed by atoms with E-state index in [4.69, 9.17) is 9.15 Å². The summed E-state index contributed by atoms with van der Waals surface area (Å²) in [7, 11) is 0. The third-order valence-corrected chi connectivity index (χ3v) is 5.23. The van der Waals surface area contributed by atoms with Gasteiger partial charge in [0.2, 0.25) is 5.82 Å². The lowest BCUT2D eigenvalue weighted by Gasteiger charge is -2.10. The van der Waals surface area contributed by atoms with Crippen molar-refractivity contribution in [3.05, 3.63) is 78.1 Å². The molecule has 4 aromatic rings. The van der Waals surface area contributed by atoms with E-state index in [0.29, 0.717) is 18.2 Å².